The number of pyridine rings is 1. The van der Waals surface area contributed by atoms with Gasteiger partial charge in [-0.15, -0.1) is 0 Å². The van der Waals surface area contributed by atoms with E-state index in [-0.39, 0.29) is 0 Å². The van der Waals surface area contributed by atoms with Crippen LogP contribution in [-0.4, -0.2) is 19.2 Å². The number of nitrogens with zero attached hydrogens (tertiary/aromatic N) is 1. The number of halogens is 1. The van der Waals surface area contributed by atoms with Gasteiger partial charge in [0.15, 0.2) is 0 Å². The Morgan fingerprint density at radius 3 is 2.33 bits per heavy atom. The minimum absolute atomic E-state index is 0.460. The van der Waals surface area contributed by atoms with E-state index in [1.165, 1.54) is 0 Å². The number of nitrogen functional groups attached to an aromatic ring is 1. The minimum Gasteiger partial charge on any atom is -0.495 e. The van der Waals surface area contributed by atoms with Gasteiger partial charge in [0.25, 0.3) is 0 Å². The molecule has 0 saturated heterocycles. The molecule has 0 unspecified atom stereocenters. The molecule has 0 aliphatic carbocycles. The first-order valence-electron chi connectivity index (χ1n) is 5.48. The highest BCUT2D eigenvalue weighted by molar-refractivity contribution is 6.38. The first kappa shape index (κ1) is 12.8. The van der Waals surface area contributed by atoms with Gasteiger partial charge >= 0.3 is 0 Å². The maximum absolute atomic E-state index is 6.30. The summed E-state index contributed by atoms with van der Waals surface area (Å²) in [5.41, 5.74) is 9.18. The molecule has 18 heavy (non-hydrogen) atoms. The summed E-state index contributed by atoms with van der Waals surface area (Å²) >= 11 is 6.30. The topological polar surface area (TPSA) is 57.4 Å². The number of nitrogens with two attached hydrogens (primary N) is 1. The zero-order chi connectivity index (χ0) is 13.4. The highest BCUT2D eigenvalue weighted by Gasteiger charge is 2.17. The van der Waals surface area contributed by atoms with E-state index in [9.17, 15) is 0 Å². The zero-order valence-electron chi connectivity index (χ0n) is 10.8. The molecular weight excluding hydrogens is 252 g/mol. The molecule has 1 heterocycles. The second-order valence-corrected chi connectivity index (χ2v) is 4.43. The standard InChI is InChI=1S/C13H15ClN2O2/c1-6-7(2)16-13-9(18-4)5-8(17-3)11(14)10(13)12(6)15/h5H,1-4H3,(H2,15,16). The molecule has 0 amide bonds. The molecule has 0 saturated carbocycles. The van der Waals surface area contributed by atoms with E-state index in [0.29, 0.717) is 33.1 Å². The Hall–Kier alpha value is -1.68. The lowest BCUT2D eigenvalue weighted by Crippen LogP contribution is -2.01. The summed E-state index contributed by atoms with van der Waals surface area (Å²) in [6.45, 7) is 3.82. The number of anilines is 1. The van der Waals surface area contributed by atoms with E-state index >= 15 is 0 Å². The lowest BCUT2D eigenvalue weighted by Gasteiger charge is -2.15. The van der Waals surface area contributed by atoms with Crippen LogP contribution in [0.2, 0.25) is 5.02 Å². The third-order valence-electron chi connectivity index (χ3n) is 3.10. The SMILES string of the molecule is COc1cc(OC)c2nc(C)c(C)c(N)c2c1Cl. The molecule has 0 atom stereocenters. The second-order valence-electron chi connectivity index (χ2n) is 4.05. The van der Waals surface area contributed by atoms with Gasteiger partial charge in [0.2, 0.25) is 0 Å². The molecule has 5 heteroatoms. The maximum Gasteiger partial charge on any atom is 0.148 e. The first-order valence-corrected chi connectivity index (χ1v) is 5.85. The zero-order valence-corrected chi connectivity index (χ0v) is 11.6. The van der Waals surface area contributed by atoms with Gasteiger partial charge in [0, 0.05) is 22.8 Å². The lowest BCUT2D eigenvalue weighted by molar-refractivity contribution is 0.397. The fraction of sp³-hybridized carbons (Fsp3) is 0.308. The molecule has 1 aromatic heterocycles. The molecule has 2 N–H and O–H groups in total. The van der Waals surface area contributed by atoms with Crippen molar-refractivity contribution in [3.63, 3.8) is 0 Å². The Morgan fingerprint density at radius 1 is 1.17 bits per heavy atom. The molecule has 2 rings (SSSR count). The predicted molar refractivity (Wildman–Crippen MR) is 73.7 cm³/mol. The van der Waals surface area contributed by atoms with E-state index in [2.05, 4.69) is 4.98 Å². The molecule has 0 aliphatic heterocycles. The summed E-state index contributed by atoms with van der Waals surface area (Å²) < 4.78 is 10.5. The van der Waals surface area contributed by atoms with Crippen LogP contribution in [0.3, 0.4) is 0 Å². The van der Waals surface area contributed by atoms with Gasteiger partial charge in [-0.05, 0) is 19.4 Å². The van der Waals surface area contributed by atoms with E-state index in [4.69, 9.17) is 26.8 Å². The van der Waals surface area contributed by atoms with Crippen molar-refractivity contribution in [2.75, 3.05) is 20.0 Å². The largest absolute Gasteiger partial charge is 0.495 e. The van der Waals surface area contributed by atoms with Crippen LogP contribution in [0.4, 0.5) is 5.69 Å². The van der Waals surface area contributed by atoms with E-state index in [1.54, 1.807) is 20.3 Å². The Kier molecular flexibility index (Phi) is 3.22. The number of hydrogen-bond acceptors (Lipinski definition) is 4. The van der Waals surface area contributed by atoms with Crippen LogP contribution in [0.15, 0.2) is 6.07 Å². The maximum atomic E-state index is 6.30. The number of rotatable bonds is 2. The lowest BCUT2D eigenvalue weighted by atomic mass is 10.1. The van der Waals surface area contributed by atoms with Crippen molar-refractivity contribution in [2.24, 2.45) is 0 Å². The van der Waals surface area contributed by atoms with Gasteiger partial charge in [-0.3, -0.25) is 0 Å². The number of hydrogen-bond donors (Lipinski definition) is 1. The minimum atomic E-state index is 0.460. The quantitative estimate of drug-likeness (QED) is 0.907. The summed E-state index contributed by atoms with van der Waals surface area (Å²) in [4.78, 5) is 4.50. The van der Waals surface area contributed by atoms with Crippen LogP contribution in [0.25, 0.3) is 10.9 Å². The van der Waals surface area contributed by atoms with E-state index in [0.717, 1.165) is 11.3 Å². The Balaban J connectivity index is 3.00. The number of methoxy groups -OCH3 is 2. The average molecular weight is 267 g/mol. The summed E-state index contributed by atoms with van der Waals surface area (Å²) in [6, 6.07) is 1.71. The van der Waals surface area contributed by atoms with Gasteiger partial charge in [-0.2, -0.15) is 0 Å². The smallest absolute Gasteiger partial charge is 0.148 e. The first-order chi connectivity index (χ1) is 8.51. The highest BCUT2D eigenvalue weighted by Crippen LogP contribution is 2.42. The molecular formula is C13H15ClN2O2. The Labute approximate surface area is 111 Å². The van der Waals surface area contributed by atoms with Gasteiger partial charge < -0.3 is 15.2 Å². The fourth-order valence-electron chi connectivity index (χ4n) is 1.90. The van der Waals surface area contributed by atoms with E-state index < -0.39 is 0 Å². The molecule has 2 aromatic rings. The van der Waals surface area contributed by atoms with Crippen molar-refractivity contribution in [3.8, 4) is 11.5 Å². The normalized spacial score (nSPS) is 10.7. The van der Waals surface area contributed by atoms with Crippen LogP contribution < -0.4 is 15.2 Å². The van der Waals surface area contributed by atoms with E-state index in [1.807, 2.05) is 13.8 Å². The molecule has 0 radical (unpaired) electrons. The Bertz CT molecular complexity index is 626. The van der Waals surface area contributed by atoms with Crippen LogP contribution in [0, 0.1) is 13.8 Å². The van der Waals surface area contributed by atoms with Crippen LogP contribution in [0.5, 0.6) is 11.5 Å². The number of ether oxygens (including phenoxy) is 2. The van der Waals surface area contributed by atoms with Crippen molar-refractivity contribution < 1.29 is 9.47 Å². The highest BCUT2D eigenvalue weighted by atomic mass is 35.5. The third-order valence-corrected chi connectivity index (χ3v) is 3.48. The average Bonchev–Trinajstić information content (AvgIpc) is 2.36. The molecule has 4 nitrogen and oxygen atoms in total. The summed E-state index contributed by atoms with van der Waals surface area (Å²) in [5, 5.41) is 1.14. The number of fused-ring (bicyclic) bond motifs is 1. The predicted octanol–water partition coefficient (Wildman–Crippen LogP) is 3.10. The van der Waals surface area contributed by atoms with Gasteiger partial charge in [0.1, 0.15) is 17.0 Å². The number of aromatic nitrogens is 1. The van der Waals surface area contributed by atoms with Crippen molar-refractivity contribution in [2.45, 2.75) is 13.8 Å². The molecule has 96 valence electrons. The summed E-state index contributed by atoms with van der Waals surface area (Å²) in [6.07, 6.45) is 0. The van der Waals surface area contributed by atoms with Gasteiger partial charge in [0.05, 0.1) is 19.2 Å². The molecule has 1 aromatic carbocycles. The van der Waals surface area contributed by atoms with Crippen molar-refractivity contribution in [1.82, 2.24) is 4.98 Å². The fourth-order valence-corrected chi connectivity index (χ4v) is 2.22. The molecule has 0 aliphatic rings. The van der Waals surface area contributed by atoms with Crippen molar-refractivity contribution in [3.05, 3.63) is 22.3 Å². The van der Waals surface area contributed by atoms with Crippen molar-refractivity contribution in [1.29, 1.82) is 0 Å². The van der Waals surface area contributed by atoms with Gasteiger partial charge in [-0.1, -0.05) is 11.6 Å². The third kappa shape index (κ3) is 1.73. The molecule has 0 spiro atoms. The number of benzene rings is 1. The molecule has 0 bridgehead atoms. The second kappa shape index (κ2) is 4.53. The van der Waals surface area contributed by atoms with Crippen LogP contribution in [-0.2, 0) is 0 Å². The number of aryl methyl sites for hydroxylation is 1. The summed E-state index contributed by atoms with van der Waals surface area (Å²) in [5.74, 6) is 1.12. The molecule has 0 fully saturated rings. The monoisotopic (exact) mass is 266 g/mol. The van der Waals surface area contributed by atoms with Gasteiger partial charge in [-0.25, -0.2) is 4.98 Å². The van der Waals surface area contributed by atoms with Crippen LogP contribution >= 0.6 is 11.6 Å². The Morgan fingerprint density at radius 2 is 1.78 bits per heavy atom. The van der Waals surface area contributed by atoms with Crippen molar-refractivity contribution >= 4 is 28.2 Å². The summed E-state index contributed by atoms with van der Waals surface area (Å²) in [7, 11) is 3.13. The van der Waals surface area contributed by atoms with Crippen LogP contribution in [0.1, 0.15) is 11.3 Å².